The van der Waals surface area contributed by atoms with Crippen LogP contribution in [0.2, 0.25) is 0 Å². The molecule has 0 bridgehead atoms. The van der Waals surface area contributed by atoms with Gasteiger partial charge in [-0.25, -0.2) is 4.98 Å². The summed E-state index contributed by atoms with van der Waals surface area (Å²) in [6, 6.07) is 2.80. The SMILES string of the molecule is Cc1cc(C(F)(F)F)c2c([C@H]3CCCN(C(=O)c4cc(C(C)(C)C)nn4C)C3)noc2n1. The zero-order chi connectivity index (χ0) is 23.4. The predicted molar refractivity (Wildman–Crippen MR) is 111 cm³/mol. The van der Waals surface area contributed by atoms with Gasteiger partial charge in [0, 0.05) is 37.2 Å². The van der Waals surface area contributed by atoms with E-state index in [4.69, 9.17) is 4.52 Å². The summed E-state index contributed by atoms with van der Waals surface area (Å²) in [5.41, 5.74) is 0.527. The average Bonchev–Trinajstić information content (AvgIpc) is 3.29. The van der Waals surface area contributed by atoms with Gasteiger partial charge in [-0.15, -0.1) is 0 Å². The molecule has 1 saturated heterocycles. The number of aromatic nitrogens is 4. The van der Waals surface area contributed by atoms with E-state index >= 15 is 0 Å². The van der Waals surface area contributed by atoms with Crippen molar-refractivity contribution in [1.82, 2.24) is 24.8 Å². The lowest BCUT2D eigenvalue weighted by molar-refractivity contribution is -0.136. The Bertz CT molecular complexity index is 1170. The largest absolute Gasteiger partial charge is 0.417 e. The van der Waals surface area contributed by atoms with E-state index in [1.165, 1.54) is 6.92 Å². The van der Waals surface area contributed by atoms with E-state index in [1.807, 2.05) is 20.8 Å². The molecular formula is C22H26F3N5O2. The fraction of sp³-hybridized carbons (Fsp3) is 0.545. The summed E-state index contributed by atoms with van der Waals surface area (Å²) < 4.78 is 47.9. The Morgan fingerprint density at radius 1 is 1.22 bits per heavy atom. The van der Waals surface area contributed by atoms with Crippen LogP contribution in [0.15, 0.2) is 16.7 Å². The Morgan fingerprint density at radius 3 is 2.56 bits per heavy atom. The first kappa shape index (κ1) is 22.3. The highest BCUT2D eigenvalue weighted by atomic mass is 19.4. The number of alkyl halides is 3. The lowest BCUT2D eigenvalue weighted by Crippen LogP contribution is -2.40. The molecule has 4 rings (SSSR count). The highest BCUT2D eigenvalue weighted by molar-refractivity contribution is 5.93. The highest BCUT2D eigenvalue weighted by Crippen LogP contribution is 2.40. The molecule has 1 amide bonds. The zero-order valence-corrected chi connectivity index (χ0v) is 18.7. The first-order chi connectivity index (χ1) is 14.9. The molecule has 1 atom stereocenters. The van der Waals surface area contributed by atoms with Gasteiger partial charge in [0.2, 0.25) is 0 Å². The van der Waals surface area contributed by atoms with Crippen molar-refractivity contribution in [1.29, 1.82) is 0 Å². The zero-order valence-electron chi connectivity index (χ0n) is 18.7. The predicted octanol–water partition coefficient (Wildman–Crippen LogP) is 4.60. The molecule has 172 valence electrons. The number of hydrogen-bond donors (Lipinski definition) is 0. The molecule has 1 aliphatic heterocycles. The Labute approximate surface area is 183 Å². The molecule has 1 fully saturated rings. The van der Waals surface area contributed by atoms with Crippen LogP contribution in [-0.4, -0.2) is 43.8 Å². The minimum Gasteiger partial charge on any atom is -0.337 e. The molecule has 0 spiro atoms. The molecule has 0 aliphatic carbocycles. The van der Waals surface area contributed by atoms with Gasteiger partial charge in [-0.3, -0.25) is 9.48 Å². The number of halogens is 3. The van der Waals surface area contributed by atoms with Crippen LogP contribution in [0.3, 0.4) is 0 Å². The Balaban J connectivity index is 1.66. The fourth-order valence-corrected chi connectivity index (χ4v) is 4.18. The van der Waals surface area contributed by atoms with Gasteiger partial charge < -0.3 is 9.42 Å². The van der Waals surface area contributed by atoms with Crippen LogP contribution in [-0.2, 0) is 18.6 Å². The van der Waals surface area contributed by atoms with Crippen molar-refractivity contribution >= 4 is 17.0 Å². The minimum absolute atomic E-state index is 0.113. The maximum atomic E-state index is 13.7. The average molecular weight is 449 g/mol. The van der Waals surface area contributed by atoms with Gasteiger partial charge in [-0.1, -0.05) is 25.9 Å². The van der Waals surface area contributed by atoms with E-state index in [9.17, 15) is 18.0 Å². The molecule has 3 aromatic rings. The van der Waals surface area contributed by atoms with Crippen molar-refractivity contribution < 1.29 is 22.5 Å². The number of aryl methyl sites for hydroxylation is 2. The van der Waals surface area contributed by atoms with Gasteiger partial charge in [-0.2, -0.15) is 18.3 Å². The second-order valence-corrected chi connectivity index (χ2v) is 9.44. The monoisotopic (exact) mass is 449 g/mol. The number of carbonyl (C=O) groups is 1. The Morgan fingerprint density at radius 2 is 1.94 bits per heavy atom. The van der Waals surface area contributed by atoms with Gasteiger partial charge in [0.1, 0.15) is 5.69 Å². The van der Waals surface area contributed by atoms with Gasteiger partial charge in [0.25, 0.3) is 11.6 Å². The molecule has 0 saturated carbocycles. The molecule has 4 heterocycles. The summed E-state index contributed by atoms with van der Waals surface area (Å²) in [5.74, 6) is -0.576. The van der Waals surface area contributed by atoms with Gasteiger partial charge >= 0.3 is 6.18 Å². The molecule has 3 aromatic heterocycles. The lowest BCUT2D eigenvalue weighted by Gasteiger charge is -2.32. The van der Waals surface area contributed by atoms with Crippen molar-refractivity contribution in [2.75, 3.05) is 13.1 Å². The molecule has 1 aliphatic rings. The van der Waals surface area contributed by atoms with E-state index in [-0.39, 0.29) is 46.3 Å². The quantitative estimate of drug-likeness (QED) is 0.572. The second kappa shape index (κ2) is 7.60. The van der Waals surface area contributed by atoms with Crippen molar-refractivity contribution in [3.8, 4) is 0 Å². The molecule has 0 unspecified atom stereocenters. The van der Waals surface area contributed by atoms with Crippen LogP contribution < -0.4 is 0 Å². The number of piperidine rings is 1. The van der Waals surface area contributed by atoms with Crippen molar-refractivity contribution in [3.63, 3.8) is 0 Å². The van der Waals surface area contributed by atoms with Crippen LogP contribution in [0.4, 0.5) is 13.2 Å². The summed E-state index contributed by atoms with van der Waals surface area (Å²) in [7, 11) is 1.72. The first-order valence-electron chi connectivity index (χ1n) is 10.5. The lowest BCUT2D eigenvalue weighted by atomic mass is 9.91. The molecular weight excluding hydrogens is 423 g/mol. The van der Waals surface area contributed by atoms with Crippen LogP contribution in [0, 0.1) is 6.92 Å². The number of pyridine rings is 1. The number of likely N-dealkylation sites (tertiary alicyclic amines) is 1. The Kier molecular flexibility index (Phi) is 5.29. The van der Waals surface area contributed by atoms with Crippen molar-refractivity contribution in [2.24, 2.45) is 7.05 Å². The van der Waals surface area contributed by atoms with Gasteiger partial charge in [0.05, 0.1) is 22.3 Å². The van der Waals surface area contributed by atoms with E-state index in [1.54, 1.807) is 22.7 Å². The molecule has 32 heavy (non-hydrogen) atoms. The summed E-state index contributed by atoms with van der Waals surface area (Å²) in [4.78, 5) is 19.0. The summed E-state index contributed by atoms with van der Waals surface area (Å²) in [6.45, 7) is 8.31. The maximum absolute atomic E-state index is 13.7. The number of nitrogens with zero attached hydrogens (tertiary/aromatic N) is 5. The number of hydrogen-bond acceptors (Lipinski definition) is 5. The first-order valence-corrected chi connectivity index (χ1v) is 10.5. The summed E-state index contributed by atoms with van der Waals surface area (Å²) in [5, 5.41) is 8.31. The molecule has 7 nitrogen and oxygen atoms in total. The Hall–Kier alpha value is -2.91. The van der Waals surface area contributed by atoms with Crippen LogP contribution in [0.25, 0.3) is 11.1 Å². The summed E-state index contributed by atoms with van der Waals surface area (Å²) in [6.07, 6.45) is -3.31. The minimum atomic E-state index is -4.56. The third-order valence-corrected chi connectivity index (χ3v) is 5.87. The third kappa shape index (κ3) is 3.98. The third-order valence-electron chi connectivity index (χ3n) is 5.87. The second-order valence-electron chi connectivity index (χ2n) is 9.44. The number of carbonyl (C=O) groups excluding carboxylic acids is 1. The van der Waals surface area contributed by atoms with E-state index < -0.39 is 11.7 Å². The fourth-order valence-electron chi connectivity index (χ4n) is 4.18. The van der Waals surface area contributed by atoms with Crippen molar-refractivity contribution in [3.05, 3.63) is 40.5 Å². The van der Waals surface area contributed by atoms with E-state index in [0.29, 0.717) is 25.1 Å². The van der Waals surface area contributed by atoms with Gasteiger partial charge in [-0.05, 0) is 31.9 Å². The molecule has 10 heteroatoms. The van der Waals surface area contributed by atoms with Crippen LogP contribution in [0.5, 0.6) is 0 Å². The number of amides is 1. The standard InChI is InChI=1S/C22H26F3N5O2/c1-12-9-14(22(23,24)25)17-18(28-32-19(17)26-12)13-7-6-8-30(11-13)20(31)15-10-16(21(2,3)4)27-29(15)5/h9-10,13H,6-8,11H2,1-5H3/t13-/m0/s1. The van der Waals surface area contributed by atoms with Crippen LogP contribution in [0.1, 0.15) is 72.7 Å². The summed E-state index contributed by atoms with van der Waals surface area (Å²) >= 11 is 0. The van der Waals surface area contributed by atoms with Gasteiger partial charge in [0.15, 0.2) is 0 Å². The van der Waals surface area contributed by atoms with E-state index in [2.05, 4.69) is 15.2 Å². The molecule has 0 N–H and O–H groups in total. The molecule has 0 radical (unpaired) electrons. The normalized spacial score (nSPS) is 17.9. The van der Waals surface area contributed by atoms with Crippen LogP contribution >= 0.6 is 0 Å². The maximum Gasteiger partial charge on any atom is 0.417 e. The van der Waals surface area contributed by atoms with Crippen molar-refractivity contribution in [2.45, 2.75) is 58.0 Å². The smallest absolute Gasteiger partial charge is 0.337 e. The van der Waals surface area contributed by atoms with E-state index in [0.717, 1.165) is 11.8 Å². The number of rotatable bonds is 2. The highest BCUT2D eigenvalue weighted by Gasteiger charge is 2.38. The number of fused-ring (bicyclic) bond motifs is 1. The topological polar surface area (TPSA) is 77.0 Å². The molecule has 0 aromatic carbocycles.